The van der Waals surface area contributed by atoms with Crippen molar-refractivity contribution in [1.29, 1.82) is 0 Å². The van der Waals surface area contributed by atoms with E-state index >= 15 is 0 Å². The largest absolute Gasteiger partial charge is 0.347 e. The third kappa shape index (κ3) is 4.21. The zero-order valence-electron chi connectivity index (χ0n) is 18.7. The number of likely N-dealkylation sites (tertiary alicyclic amines) is 1. The molecule has 0 spiro atoms. The second-order valence-electron chi connectivity index (χ2n) is 8.70. The summed E-state index contributed by atoms with van der Waals surface area (Å²) in [7, 11) is 0. The summed E-state index contributed by atoms with van der Waals surface area (Å²) in [5.74, 6) is 1.77. The monoisotopic (exact) mass is 447 g/mol. The normalized spacial score (nSPS) is 15.0. The highest BCUT2D eigenvalue weighted by atomic mass is 32.1. The third-order valence-electron chi connectivity index (χ3n) is 6.51. The molecule has 0 saturated carbocycles. The maximum absolute atomic E-state index is 12.9. The van der Waals surface area contributed by atoms with Crippen LogP contribution in [-0.4, -0.2) is 43.0 Å². The molecular formula is C25H29N5OS. The minimum atomic E-state index is 0.250. The highest BCUT2D eigenvalue weighted by molar-refractivity contribution is 7.09. The Morgan fingerprint density at radius 3 is 2.75 bits per heavy atom. The topological polar surface area (TPSA) is 56.0 Å². The van der Waals surface area contributed by atoms with Crippen LogP contribution in [0.2, 0.25) is 0 Å². The summed E-state index contributed by atoms with van der Waals surface area (Å²) in [6.07, 6.45) is 8.56. The molecule has 1 saturated heterocycles. The number of imidazole rings is 1. The zero-order valence-corrected chi connectivity index (χ0v) is 19.5. The molecule has 0 radical (unpaired) electrons. The maximum Gasteiger partial charge on any atom is 0.224 e. The Hall–Kier alpha value is -2.93. The van der Waals surface area contributed by atoms with E-state index < -0.39 is 0 Å². The van der Waals surface area contributed by atoms with Gasteiger partial charge in [0, 0.05) is 66.8 Å². The molecule has 1 amide bonds. The second-order valence-corrected chi connectivity index (χ2v) is 9.76. The Morgan fingerprint density at radius 2 is 1.97 bits per heavy atom. The number of rotatable bonds is 6. The molecule has 0 atom stereocenters. The Morgan fingerprint density at radius 1 is 1.16 bits per heavy atom. The second kappa shape index (κ2) is 8.90. The van der Waals surface area contributed by atoms with Gasteiger partial charge >= 0.3 is 0 Å². The first kappa shape index (κ1) is 20.9. The lowest BCUT2D eigenvalue weighted by molar-refractivity contribution is -0.132. The van der Waals surface area contributed by atoms with Crippen molar-refractivity contribution in [3.63, 3.8) is 0 Å². The molecule has 166 valence electrons. The van der Waals surface area contributed by atoms with Crippen molar-refractivity contribution in [2.75, 3.05) is 13.1 Å². The number of hydrogen-bond acceptors (Lipinski definition) is 4. The van der Waals surface area contributed by atoms with Gasteiger partial charge in [0.25, 0.3) is 0 Å². The molecule has 0 unspecified atom stereocenters. The number of aromatic nitrogens is 4. The molecule has 3 aromatic heterocycles. The molecule has 0 bridgehead atoms. The predicted molar refractivity (Wildman–Crippen MR) is 128 cm³/mol. The van der Waals surface area contributed by atoms with Crippen LogP contribution < -0.4 is 0 Å². The van der Waals surface area contributed by atoms with Crippen LogP contribution in [0.4, 0.5) is 0 Å². The number of para-hydroxylation sites is 1. The number of amides is 1. The summed E-state index contributed by atoms with van der Waals surface area (Å²) >= 11 is 1.69. The number of nitrogens with zero attached hydrogens (tertiary/aromatic N) is 5. The first-order chi connectivity index (χ1) is 15.6. The molecule has 5 rings (SSSR count). The number of aryl methyl sites for hydroxylation is 3. The van der Waals surface area contributed by atoms with Crippen LogP contribution in [0.15, 0.2) is 48.2 Å². The first-order valence-electron chi connectivity index (χ1n) is 11.3. The van der Waals surface area contributed by atoms with Gasteiger partial charge < -0.3 is 14.0 Å². The molecule has 1 aliphatic rings. The molecular weight excluding hydrogens is 418 g/mol. The fraction of sp³-hybridized carbons (Fsp3) is 0.400. The minimum absolute atomic E-state index is 0.250. The van der Waals surface area contributed by atoms with Gasteiger partial charge in [0.1, 0.15) is 5.82 Å². The number of hydrogen-bond donors (Lipinski definition) is 0. The Labute approximate surface area is 192 Å². The fourth-order valence-electron chi connectivity index (χ4n) is 4.85. The lowest BCUT2D eigenvalue weighted by Gasteiger charge is -2.32. The molecule has 4 aromatic rings. The smallest absolute Gasteiger partial charge is 0.224 e. The van der Waals surface area contributed by atoms with Crippen molar-refractivity contribution in [2.45, 2.75) is 52.1 Å². The molecule has 0 N–H and O–H groups in total. The molecule has 32 heavy (non-hydrogen) atoms. The van der Waals surface area contributed by atoms with Crippen molar-refractivity contribution in [1.82, 2.24) is 24.0 Å². The van der Waals surface area contributed by atoms with Crippen molar-refractivity contribution >= 4 is 28.1 Å². The lowest BCUT2D eigenvalue weighted by Crippen LogP contribution is -2.38. The standard InChI is InChI=1S/C25H29N5OS/c1-18-15-29(23-6-4-3-5-22(18)23)13-9-24(31)28-11-7-20(8-12-28)25-26-10-14-30(25)16-21-17-32-19(2)27-21/h3-6,10,14-15,17,20H,7-9,11-13,16H2,1-2H3. The average molecular weight is 448 g/mol. The van der Waals surface area contributed by atoms with Crippen molar-refractivity contribution in [3.05, 3.63) is 70.3 Å². The molecule has 4 heterocycles. The molecule has 1 aromatic carbocycles. The van der Waals surface area contributed by atoms with E-state index in [2.05, 4.69) is 61.9 Å². The van der Waals surface area contributed by atoms with Gasteiger partial charge in [-0.3, -0.25) is 4.79 Å². The van der Waals surface area contributed by atoms with Crippen LogP contribution in [0.5, 0.6) is 0 Å². The van der Waals surface area contributed by atoms with E-state index in [1.54, 1.807) is 11.3 Å². The van der Waals surface area contributed by atoms with Gasteiger partial charge in [0.2, 0.25) is 5.91 Å². The van der Waals surface area contributed by atoms with Gasteiger partial charge in [-0.15, -0.1) is 11.3 Å². The number of thiazole rings is 1. The van der Waals surface area contributed by atoms with Crippen LogP contribution in [0.1, 0.15) is 47.3 Å². The van der Waals surface area contributed by atoms with Crippen LogP contribution in [0.25, 0.3) is 10.9 Å². The van der Waals surface area contributed by atoms with E-state index in [0.717, 1.165) is 55.5 Å². The maximum atomic E-state index is 12.9. The third-order valence-corrected chi connectivity index (χ3v) is 7.34. The molecule has 6 nitrogen and oxygen atoms in total. The van der Waals surface area contributed by atoms with Crippen LogP contribution in [-0.2, 0) is 17.9 Å². The summed E-state index contributed by atoms with van der Waals surface area (Å²) in [4.78, 5) is 24.2. The lowest BCUT2D eigenvalue weighted by atomic mass is 9.95. The summed E-state index contributed by atoms with van der Waals surface area (Å²) < 4.78 is 4.43. The summed E-state index contributed by atoms with van der Waals surface area (Å²) in [5.41, 5.74) is 3.56. The van der Waals surface area contributed by atoms with E-state index in [9.17, 15) is 4.79 Å². The number of carbonyl (C=O) groups is 1. The predicted octanol–water partition coefficient (Wildman–Crippen LogP) is 4.76. The van der Waals surface area contributed by atoms with E-state index in [-0.39, 0.29) is 5.91 Å². The minimum Gasteiger partial charge on any atom is -0.347 e. The van der Waals surface area contributed by atoms with E-state index in [4.69, 9.17) is 0 Å². The van der Waals surface area contributed by atoms with Crippen LogP contribution in [0, 0.1) is 13.8 Å². The Bertz CT molecular complexity index is 1230. The Kier molecular flexibility index (Phi) is 5.83. The molecule has 1 fully saturated rings. The van der Waals surface area contributed by atoms with Gasteiger partial charge in [-0.2, -0.15) is 0 Å². The number of fused-ring (bicyclic) bond motifs is 1. The Balaban J connectivity index is 1.17. The van der Waals surface area contributed by atoms with Gasteiger partial charge in [-0.05, 0) is 38.3 Å². The quantitative estimate of drug-likeness (QED) is 0.428. The average Bonchev–Trinajstić information content (AvgIpc) is 3.52. The van der Waals surface area contributed by atoms with Gasteiger partial charge in [-0.1, -0.05) is 18.2 Å². The number of piperidine rings is 1. The molecule has 0 aliphatic carbocycles. The summed E-state index contributed by atoms with van der Waals surface area (Å²) in [5, 5.41) is 4.48. The highest BCUT2D eigenvalue weighted by Gasteiger charge is 2.26. The molecule has 7 heteroatoms. The van der Waals surface area contributed by atoms with Gasteiger partial charge in [0.15, 0.2) is 0 Å². The van der Waals surface area contributed by atoms with Crippen molar-refractivity contribution in [2.24, 2.45) is 0 Å². The van der Waals surface area contributed by atoms with E-state index in [0.29, 0.717) is 12.3 Å². The van der Waals surface area contributed by atoms with Crippen LogP contribution >= 0.6 is 11.3 Å². The SMILES string of the molecule is Cc1nc(Cn2ccnc2C2CCN(C(=O)CCn3cc(C)c4ccccc43)CC2)cs1. The molecule has 1 aliphatic heterocycles. The van der Waals surface area contributed by atoms with Crippen molar-refractivity contribution in [3.8, 4) is 0 Å². The van der Waals surface area contributed by atoms with E-state index in [1.165, 1.54) is 16.5 Å². The zero-order chi connectivity index (χ0) is 22.1. The summed E-state index contributed by atoms with van der Waals surface area (Å²) in [6, 6.07) is 8.41. The van der Waals surface area contributed by atoms with E-state index in [1.807, 2.05) is 24.2 Å². The highest BCUT2D eigenvalue weighted by Crippen LogP contribution is 2.28. The van der Waals surface area contributed by atoms with Crippen LogP contribution in [0.3, 0.4) is 0 Å². The summed E-state index contributed by atoms with van der Waals surface area (Å²) in [6.45, 7) is 7.27. The number of benzene rings is 1. The van der Waals surface area contributed by atoms with Gasteiger partial charge in [0.05, 0.1) is 17.2 Å². The number of carbonyl (C=O) groups excluding carboxylic acids is 1. The van der Waals surface area contributed by atoms with Gasteiger partial charge in [-0.25, -0.2) is 9.97 Å². The van der Waals surface area contributed by atoms with Crippen molar-refractivity contribution < 1.29 is 4.79 Å². The first-order valence-corrected chi connectivity index (χ1v) is 12.2. The fourth-order valence-corrected chi connectivity index (χ4v) is 5.45.